The van der Waals surface area contributed by atoms with Gasteiger partial charge in [-0.3, -0.25) is 4.90 Å². The summed E-state index contributed by atoms with van der Waals surface area (Å²) < 4.78 is 10.6. The number of oxime groups is 1. The van der Waals surface area contributed by atoms with E-state index in [9.17, 15) is 4.79 Å². The molecule has 1 aromatic rings. The average molecular weight is 282 g/mol. The number of nitrogens with zero attached hydrogens (tertiary/aromatic N) is 4. The van der Waals surface area contributed by atoms with Crippen LogP contribution in [0, 0.1) is 0 Å². The Morgan fingerprint density at radius 2 is 2.30 bits per heavy atom. The van der Waals surface area contributed by atoms with E-state index >= 15 is 0 Å². The Hall–Kier alpha value is -2.12. The van der Waals surface area contributed by atoms with Crippen LogP contribution in [0.1, 0.15) is 39.1 Å². The first-order chi connectivity index (χ1) is 9.40. The summed E-state index contributed by atoms with van der Waals surface area (Å²) in [5.74, 6) is 0.358. The lowest BCUT2D eigenvalue weighted by molar-refractivity contribution is 0.0208. The maximum Gasteiger partial charge on any atom is 0.411 e. The summed E-state index contributed by atoms with van der Waals surface area (Å²) in [6, 6.07) is -0.374. The molecule has 0 saturated carbocycles. The quantitative estimate of drug-likeness (QED) is 0.768. The minimum Gasteiger partial charge on any atom is -0.444 e. The van der Waals surface area contributed by atoms with Crippen molar-refractivity contribution >= 4 is 11.8 Å². The van der Waals surface area contributed by atoms with Gasteiger partial charge in [-0.2, -0.15) is 0 Å². The summed E-state index contributed by atoms with van der Waals surface area (Å²) in [6.45, 7) is 5.75. The van der Waals surface area contributed by atoms with Crippen LogP contribution < -0.4 is 0 Å². The van der Waals surface area contributed by atoms with Crippen LogP contribution in [0.15, 0.2) is 16.0 Å². The monoisotopic (exact) mass is 282 g/mol. The highest BCUT2D eigenvalue weighted by Gasteiger charge is 2.39. The smallest absolute Gasteiger partial charge is 0.411 e. The van der Waals surface area contributed by atoms with Crippen molar-refractivity contribution in [3.63, 3.8) is 0 Å². The third kappa shape index (κ3) is 3.25. The molecule has 1 saturated heterocycles. The first-order valence-corrected chi connectivity index (χ1v) is 6.25. The normalized spacial score (nSPS) is 21.3. The standard InChI is InChI=1S/C12H18N4O4/c1-12(2,3)20-11(17)16-6-8(15-18-4)5-9(16)10-14-13-7-19-10/h7,9H,5-6H2,1-4H3/t9-/m0/s1. The van der Waals surface area contributed by atoms with Crippen LogP contribution in [0.3, 0.4) is 0 Å². The predicted octanol–water partition coefficient (Wildman–Crippen LogP) is 1.75. The summed E-state index contributed by atoms with van der Waals surface area (Å²) in [5.41, 5.74) is 0.152. The molecule has 2 heterocycles. The van der Waals surface area contributed by atoms with Gasteiger partial charge in [0.1, 0.15) is 18.8 Å². The van der Waals surface area contributed by atoms with Gasteiger partial charge in [0.25, 0.3) is 0 Å². The lowest BCUT2D eigenvalue weighted by Crippen LogP contribution is -2.37. The van der Waals surface area contributed by atoms with Crippen molar-refractivity contribution in [1.29, 1.82) is 0 Å². The Labute approximate surface area is 116 Å². The molecule has 0 N–H and O–H groups in total. The fraction of sp³-hybridized carbons (Fsp3) is 0.667. The van der Waals surface area contributed by atoms with E-state index in [-0.39, 0.29) is 6.04 Å². The van der Waals surface area contributed by atoms with E-state index in [1.165, 1.54) is 18.4 Å². The molecule has 0 bridgehead atoms. The fourth-order valence-electron chi connectivity index (χ4n) is 1.96. The minimum atomic E-state index is -0.572. The Bertz CT molecular complexity index is 492. The predicted molar refractivity (Wildman–Crippen MR) is 69.0 cm³/mol. The van der Waals surface area contributed by atoms with Crippen LogP contribution in [0.25, 0.3) is 0 Å². The van der Waals surface area contributed by atoms with Gasteiger partial charge in [0.15, 0.2) is 0 Å². The van der Waals surface area contributed by atoms with Crippen molar-refractivity contribution in [3.05, 3.63) is 12.3 Å². The lowest BCUT2D eigenvalue weighted by atomic mass is 10.2. The van der Waals surface area contributed by atoms with E-state index < -0.39 is 11.7 Å². The number of aromatic nitrogens is 2. The second-order valence-electron chi connectivity index (χ2n) is 5.45. The number of hydrogen-bond acceptors (Lipinski definition) is 7. The largest absolute Gasteiger partial charge is 0.444 e. The molecule has 2 rings (SSSR count). The molecule has 1 aliphatic rings. The van der Waals surface area contributed by atoms with Gasteiger partial charge in [-0.25, -0.2) is 4.79 Å². The van der Waals surface area contributed by atoms with Crippen molar-refractivity contribution in [3.8, 4) is 0 Å². The van der Waals surface area contributed by atoms with Gasteiger partial charge < -0.3 is 14.0 Å². The number of amides is 1. The summed E-state index contributed by atoms with van der Waals surface area (Å²) >= 11 is 0. The van der Waals surface area contributed by atoms with Gasteiger partial charge >= 0.3 is 6.09 Å². The van der Waals surface area contributed by atoms with Crippen LogP contribution in [0.5, 0.6) is 0 Å². The SMILES string of the molecule is CON=C1C[C@@H](c2nnco2)N(C(=O)OC(C)(C)C)C1. The van der Waals surface area contributed by atoms with Crippen molar-refractivity contribution < 1.29 is 18.8 Å². The maximum absolute atomic E-state index is 12.2. The molecule has 0 aromatic carbocycles. The fourth-order valence-corrected chi connectivity index (χ4v) is 1.96. The Balaban J connectivity index is 2.19. The number of carbonyl (C=O) groups is 1. The molecule has 110 valence electrons. The second-order valence-corrected chi connectivity index (χ2v) is 5.45. The third-order valence-corrected chi connectivity index (χ3v) is 2.67. The van der Waals surface area contributed by atoms with Crippen LogP contribution in [0.2, 0.25) is 0 Å². The highest BCUT2D eigenvalue weighted by Crippen LogP contribution is 2.30. The zero-order chi connectivity index (χ0) is 14.8. The van der Waals surface area contributed by atoms with Gasteiger partial charge in [-0.05, 0) is 20.8 Å². The van der Waals surface area contributed by atoms with E-state index in [1.54, 1.807) is 0 Å². The van der Waals surface area contributed by atoms with Crippen molar-refractivity contribution in [2.45, 2.75) is 38.8 Å². The number of rotatable bonds is 2. The van der Waals surface area contributed by atoms with Crippen molar-refractivity contribution in [1.82, 2.24) is 15.1 Å². The molecule has 20 heavy (non-hydrogen) atoms. The van der Waals surface area contributed by atoms with Crippen LogP contribution in [-0.2, 0) is 9.57 Å². The first-order valence-electron chi connectivity index (χ1n) is 6.25. The van der Waals surface area contributed by atoms with Gasteiger partial charge in [0.05, 0.1) is 12.3 Å². The van der Waals surface area contributed by atoms with Crippen molar-refractivity contribution in [2.75, 3.05) is 13.7 Å². The van der Waals surface area contributed by atoms with Gasteiger partial charge in [-0.1, -0.05) is 5.16 Å². The summed E-state index contributed by atoms with van der Waals surface area (Å²) in [6.07, 6.45) is 1.27. The zero-order valence-corrected chi connectivity index (χ0v) is 12.0. The van der Waals surface area contributed by atoms with Gasteiger partial charge in [-0.15, -0.1) is 10.2 Å². The molecule has 1 amide bonds. The molecule has 8 heteroatoms. The first kappa shape index (κ1) is 14.3. The topological polar surface area (TPSA) is 90.1 Å². The number of hydrogen-bond donors (Lipinski definition) is 0. The molecular formula is C12H18N4O4. The molecule has 1 aliphatic heterocycles. The summed E-state index contributed by atoms with van der Waals surface area (Å²) in [4.78, 5) is 18.5. The number of ether oxygens (including phenoxy) is 1. The molecular weight excluding hydrogens is 264 g/mol. The highest BCUT2D eigenvalue weighted by atomic mass is 16.6. The highest BCUT2D eigenvalue weighted by molar-refractivity contribution is 5.92. The lowest BCUT2D eigenvalue weighted by Gasteiger charge is -2.26. The molecule has 0 aliphatic carbocycles. The summed E-state index contributed by atoms with van der Waals surface area (Å²) in [7, 11) is 1.46. The number of carbonyl (C=O) groups excluding carboxylic acids is 1. The second kappa shape index (κ2) is 5.48. The van der Waals surface area contributed by atoms with Gasteiger partial charge in [0, 0.05) is 6.42 Å². The molecule has 1 atom stereocenters. The summed E-state index contributed by atoms with van der Waals surface area (Å²) in [5, 5.41) is 11.4. The Kier molecular flexibility index (Phi) is 3.91. The molecule has 1 fully saturated rings. The Morgan fingerprint density at radius 1 is 1.55 bits per heavy atom. The minimum absolute atomic E-state index is 0.315. The van der Waals surface area contributed by atoms with Crippen LogP contribution in [-0.4, -0.2) is 46.2 Å². The van der Waals surface area contributed by atoms with Crippen LogP contribution >= 0.6 is 0 Å². The Morgan fingerprint density at radius 3 is 2.85 bits per heavy atom. The van der Waals surface area contributed by atoms with E-state index in [0.29, 0.717) is 18.9 Å². The molecule has 8 nitrogen and oxygen atoms in total. The third-order valence-electron chi connectivity index (χ3n) is 2.67. The number of likely N-dealkylation sites (tertiary alicyclic amines) is 1. The van der Waals surface area contributed by atoms with E-state index in [1.807, 2.05) is 20.8 Å². The molecule has 0 unspecified atom stereocenters. The molecule has 0 spiro atoms. The van der Waals surface area contributed by atoms with E-state index in [0.717, 1.165) is 5.71 Å². The maximum atomic E-state index is 12.2. The van der Waals surface area contributed by atoms with E-state index in [2.05, 4.69) is 15.4 Å². The van der Waals surface area contributed by atoms with E-state index in [4.69, 9.17) is 14.0 Å². The van der Waals surface area contributed by atoms with Gasteiger partial charge in [0.2, 0.25) is 12.3 Å². The van der Waals surface area contributed by atoms with Crippen LogP contribution in [0.4, 0.5) is 4.79 Å². The molecule has 1 aromatic heterocycles. The van der Waals surface area contributed by atoms with Crippen molar-refractivity contribution in [2.24, 2.45) is 5.16 Å². The average Bonchev–Trinajstić information content (AvgIpc) is 2.93. The zero-order valence-electron chi connectivity index (χ0n) is 12.0. The molecule has 0 radical (unpaired) electrons.